The summed E-state index contributed by atoms with van der Waals surface area (Å²) >= 11 is 1.76. The third-order valence-corrected chi connectivity index (χ3v) is 9.56. The van der Waals surface area contributed by atoms with E-state index in [9.17, 15) is 5.11 Å². The number of rotatable bonds is 5. The molecule has 40 heavy (non-hydrogen) atoms. The number of thiophene rings is 1. The van der Waals surface area contributed by atoms with Crippen molar-refractivity contribution in [2.45, 2.75) is 38.9 Å². The van der Waals surface area contributed by atoms with E-state index in [0.29, 0.717) is 0 Å². The average Bonchev–Trinajstić information content (AvgIpc) is 3.34. The Balaban J connectivity index is 1.38. The maximum atomic E-state index is 10.6. The van der Waals surface area contributed by atoms with Crippen LogP contribution < -0.4 is 5.59 Å². The largest absolute Gasteiger partial charge is 0.425 e. The van der Waals surface area contributed by atoms with Crippen molar-refractivity contribution in [2.24, 2.45) is 0 Å². The molecule has 5 aromatic carbocycles. The zero-order valence-corrected chi connectivity index (χ0v) is 23.8. The highest BCUT2D eigenvalue weighted by atomic mass is 32.1. The third kappa shape index (κ3) is 4.00. The minimum atomic E-state index is -1.01. The summed E-state index contributed by atoms with van der Waals surface area (Å²) in [6.07, 6.45) is 1.82. The van der Waals surface area contributed by atoms with Gasteiger partial charge in [0.1, 0.15) is 0 Å². The van der Waals surface area contributed by atoms with E-state index in [2.05, 4.69) is 96.0 Å². The van der Waals surface area contributed by atoms with Gasteiger partial charge in [-0.2, -0.15) is 0 Å². The van der Waals surface area contributed by atoms with Gasteiger partial charge in [-0.1, -0.05) is 66.7 Å². The van der Waals surface area contributed by atoms with Crippen LogP contribution in [0.5, 0.6) is 0 Å². The molecule has 1 radical (unpaired) electrons. The van der Waals surface area contributed by atoms with Gasteiger partial charge in [-0.3, -0.25) is 4.98 Å². The highest BCUT2D eigenvalue weighted by molar-refractivity contribution is 7.26. The molecule has 0 saturated heterocycles. The first-order valence-corrected chi connectivity index (χ1v) is 14.4. The molecule has 7 rings (SSSR count). The van der Waals surface area contributed by atoms with Gasteiger partial charge in [0, 0.05) is 32.0 Å². The van der Waals surface area contributed by atoms with Crippen molar-refractivity contribution in [3.05, 3.63) is 97.2 Å². The molecule has 0 amide bonds. The van der Waals surface area contributed by atoms with E-state index >= 15 is 0 Å². The van der Waals surface area contributed by atoms with Crippen LogP contribution in [0.1, 0.15) is 27.7 Å². The van der Waals surface area contributed by atoms with Gasteiger partial charge in [0.2, 0.25) is 0 Å². The van der Waals surface area contributed by atoms with E-state index in [1.165, 1.54) is 48.1 Å². The number of fused-ring (bicyclic) bond motifs is 9. The minimum Gasteiger partial charge on any atom is -0.425 e. The molecule has 0 aliphatic heterocycles. The fraction of sp³-hybridized carbons (Fsp3) is 0.171. The number of aliphatic hydroxyl groups is 1. The van der Waals surface area contributed by atoms with Crippen LogP contribution in [0.2, 0.25) is 0 Å². The molecule has 0 bridgehead atoms. The number of hydrogen-bond acceptors (Lipinski definition) is 4. The third-order valence-electron chi connectivity index (χ3n) is 8.43. The quantitative estimate of drug-likeness (QED) is 0.177. The van der Waals surface area contributed by atoms with Gasteiger partial charge in [-0.05, 0) is 95.4 Å². The normalized spacial score (nSPS) is 12.7. The maximum Gasteiger partial charge on any atom is 0.352 e. The van der Waals surface area contributed by atoms with Crippen LogP contribution in [-0.4, -0.2) is 28.8 Å². The first-order valence-electron chi connectivity index (χ1n) is 13.6. The standard InChI is InChI=1S/C35H29BNO2S/c1-34(2,38)35(3,4)39-36-33-32-29-20-22(14-16-30(29)40-31(32)17-18-37-33)21-13-15-27-25-11-6-5-9-23(25)24-10-7-8-12-26(24)28(27)19-21/h5-20,38H,1-4H3. The van der Waals surface area contributed by atoms with Gasteiger partial charge in [-0.25, -0.2) is 0 Å². The molecule has 3 nitrogen and oxygen atoms in total. The van der Waals surface area contributed by atoms with Crippen LogP contribution in [0, 0.1) is 0 Å². The summed E-state index contributed by atoms with van der Waals surface area (Å²) in [6.45, 7) is 7.30. The van der Waals surface area contributed by atoms with Crippen molar-refractivity contribution >= 4 is 76.9 Å². The van der Waals surface area contributed by atoms with Gasteiger partial charge in [0.15, 0.2) is 0 Å². The molecule has 0 atom stereocenters. The van der Waals surface area contributed by atoms with Gasteiger partial charge in [0.25, 0.3) is 0 Å². The Morgan fingerprint density at radius 1 is 0.650 bits per heavy atom. The van der Waals surface area contributed by atoms with Gasteiger partial charge < -0.3 is 9.76 Å². The van der Waals surface area contributed by atoms with Crippen LogP contribution in [0.4, 0.5) is 0 Å². The summed E-state index contributed by atoms with van der Waals surface area (Å²) in [5, 5.41) is 20.5. The molecule has 0 aliphatic rings. The molecule has 0 fully saturated rings. The van der Waals surface area contributed by atoms with Crippen molar-refractivity contribution in [3.8, 4) is 11.1 Å². The topological polar surface area (TPSA) is 42.4 Å². The fourth-order valence-corrected chi connectivity index (χ4v) is 6.54. The summed E-state index contributed by atoms with van der Waals surface area (Å²) in [5.41, 5.74) is 1.34. The van der Waals surface area contributed by atoms with E-state index in [1.54, 1.807) is 32.7 Å². The summed E-state index contributed by atoms with van der Waals surface area (Å²) in [6, 6.07) is 33.0. The molecule has 2 heterocycles. The Bertz CT molecular complexity index is 2050. The van der Waals surface area contributed by atoms with E-state index in [-0.39, 0.29) is 0 Å². The highest BCUT2D eigenvalue weighted by Gasteiger charge is 2.36. The number of aromatic nitrogens is 1. The molecular weight excluding hydrogens is 509 g/mol. The van der Waals surface area contributed by atoms with Gasteiger partial charge >= 0.3 is 7.48 Å². The fourth-order valence-electron chi connectivity index (χ4n) is 5.45. The second kappa shape index (κ2) is 9.14. The predicted molar refractivity (Wildman–Crippen MR) is 172 cm³/mol. The Hall–Kier alpha value is -3.77. The maximum absolute atomic E-state index is 10.6. The second-order valence-electron chi connectivity index (χ2n) is 11.5. The van der Waals surface area contributed by atoms with Crippen molar-refractivity contribution in [1.82, 2.24) is 4.98 Å². The Kier molecular flexibility index (Phi) is 5.76. The molecule has 0 unspecified atom stereocenters. The molecule has 5 heteroatoms. The summed E-state index contributed by atoms with van der Waals surface area (Å²) in [5.74, 6) is 0. The minimum absolute atomic E-state index is 0.772. The first-order chi connectivity index (χ1) is 19.2. The van der Waals surface area contributed by atoms with Gasteiger partial charge in [0.05, 0.1) is 11.2 Å². The monoisotopic (exact) mass is 538 g/mol. The Labute approximate surface area is 238 Å². The number of hydrogen-bond donors (Lipinski definition) is 1. The number of pyridine rings is 1. The van der Waals surface area contributed by atoms with Crippen LogP contribution in [0.3, 0.4) is 0 Å². The molecule has 195 valence electrons. The lowest BCUT2D eigenvalue weighted by molar-refractivity contribution is -0.0893. The lowest BCUT2D eigenvalue weighted by Gasteiger charge is -2.37. The lowest BCUT2D eigenvalue weighted by Crippen LogP contribution is -2.49. The number of nitrogens with zero attached hydrogens (tertiary/aromatic N) is 1. The van der Waals surface area contributed by atoms with Gasteiger partial charge in [-0.15, -0.1) is 11.3 Å². The average molecular weight is 539 g/mol. The van der Waals surface area contributed by atoms with E-state index in [4.69, 9.17) is 4.65 Å². The molecule has 0 saturated carbocycles. The Morgan fingerprint density at radius 2 is 1.20 bits per heavy atom. The van der Waals surface area contributed by atoms with Crippen LogP contribution in [-0.2, 0) is 4.65 Å². The SMILES string of the molecule is CC(C)(O)C(C)(C)O[B]c1nccc2sc3ccc(-c4ccc5c6ccccc6c6ccccc6c5c4)cc3c12. The van der Waals surface area contributed by atoms with Crippen molar-refractivity contribution in [1.29, 1.82) is 0 Å². The number of benzene rings is 5. The summed E-state index contributed by atoms with van der Waals surface area (Å²) in [4.78, 5) is 4.67. The molecule has 2 aromatic heterocycles. The van der Waals surface area contributed by atoms with Crippen molar-refractivity contribution in [3.63, 3.8) is 0 Å². The molecule has 1 N–H and O–H groups in total. The summed E-state index contributed by atoms with van der Waals surface area (Å²) in [7, 11) is 1.70. The molecule has 0 aliphatic carbocycles. The zero-order chi connectivity index (χ0) is 27.6. The summed E-state index contributed by atoms with van der Waals surface area (Å²) < 4.78 is 8.48. The van der Waals surface area contributed by atoms with Crippen LogP contribution in [0.15, 0.2) is 97.2 Å². The first kappa shape index (κ1) is 25.2. The molecule has 7 aromatic rings. The molecule has 0 spiro atoms. The van der Waals surface area contributed by atoms with Crippen LogP contribution >= 0.6 is 11.3 Å². The van der Waals surface area contributed by atoms with E-state index < -0.39 is 11.2 Å². The van der Waals surface area contributed by atoms with Crippen LogP contribution in [0.25, 0.3) is 63.6 Å². The van der Waals surface area contributed by atoms with Crippen molar-refractivity contribution < 1.29 is 9.76 Å². The second-order valence-corrected chi connectivity index (χ2v) is 12.6. The smallest absolute Gasteiger partial charge is 0.352 e. The predicted octanol–water partition coefficient (Wildman–Crippen LogP) is 8.39. The van der Waals surface area contributed by atoms with Crippen molar-refractivity contribution in [2.75, 3.05) is 0 Å². The van der Waals surface area contributed by atoms with E-state index in [1.807, 2.05) is 20.0 Å². The zero-order valence-electron chi connectivity index (χ0n) is 23.0. The lowest BCUT2D eigenvalue weighted by atomic mass is 9.83. The van der Waals surface area contributed by atoms with E-state index in [0.717, 1.165) is 21.1 Å². The molecular formula is C35H29BNO2S. The Morgan fingerprint density at radius 3 is 1.82 bits per heavy atom. The highest BCUT2D eigenvalue weighted by Crippen LogP contribution is 2.39.